The van der Waals surface area contributed by atoms with Crippen molar-refractivity contribution in [1.82, 2.24) is 0 Å². The van der Waals surface area contributed by atoms with E-state index in [1.54, 1.807) is 6.07 Å². The van der Waals surface area contributed by atoms with Gasteiger partial charge in [0.05, 0.1) is 10.7 Å². The Morgan fingerprint density at radius 3 is 2.56 bits per heavy atom. The molecule has 18 heavy (non-hydrogen) atoms. The molecule has 0 saturated heterocycles. The minimum Gasteiger partial charge on any atom is -0.484 e. The van der Waals surface area contributed by atoms with Crippen LogP contribution in [-0.2, 0) is 6.61 Å². The lowest BCUT2D eigenvalue weighted by molar-refractivity contribution is 0.291. The number of para-hydroxylation sites is 1. The SMILES string of the molecule is Nc1cccc(F)c1OCc1ccc(Cl)c(F)c1. The van der Waals surface area contributed by atoms with Crippen LogP contribution in [0.1, 0.15) is 5.56 Å². The number of ether oxygens (including phenoxy) is 1. The first-order valence-electron chi connectivity index (χ1n) is 5.18. The van der Waals surface area contributed by atoms with E-state index < -0.39 is 11.6 Å². The molecule has 0 atom stereocenters. The predicted octanol–water partition coefficient (Wildman–Crippen LogP) is 3.78. The molecule has 2 aromatic carbocycles. The Hall–Kier alpha value is -1.81. The first-order valence-corrected chi connectivity index (χ1v) is 5.56. The van der Waals surface area contributed by atoms with Gasteiger partial charge in [-0.1, -0.05) is 23.7 Å². The van der Waals surface area contributed by atoms with E-state index in [9.17, 15) is 8.78 Å². The number of anilines is 1. The topological polar surface area (TPSA) is 35.2 Å². The average molecular weight is 270 g/mol. The van der Waals surface area contributed by atoms with E-state index >= 15 is 0 Å². The third-order valence-corrected chi connectivity index (χ3v) is 2.67. The lowest BCUT2D eigenvalue weighted by Gasteiger charge is -2.10. The average Bonchev–Trinajstić information content (AvgIpc) is 2.33. The fraction of sp³-hybridized carbons (Fsp3) is 0.0769. The lowest BCUT2D eigenvalue weighted by Crippen LogP contribution is -2.01. The highest BCUT2D eigenvalue weighted by Gasteiger charge is 2.08. The smallest absolute Gasteiger partial charge is 0.178 e. The lowest BCUT2D eigenvalue weighted by atomic mass is 10.2. The van der Waals surface area contributed by atoms with E-state index in [1.807, 2.05) is 0 Å². The van der Waals surface area contributed by atoms with Crippen LogP contribution >= 0.6 is 11.6 Å². The highest BCUT2D eigenvalue weighted by Crippen LogP contribution is 2.26. The number of hydrogen-bond donors (Lipinski definition) is 1. The van der Waals surface area contributed by atoms with Crippen LogP contribution in [0.25, 0.3) is 0 Å². The molecule has 0 fully saturated rings. The zero-order chi connectivity index (χ0) is 13.1. The van der Waals surface area contributed by atoms with Crippen molar-refractivity contribution >= 4 is 17.3 Å². The summed E-state index contributed by atoms with van der Waals surface area (Å²) >= 11 is 5.55. The van der Waals surface area contributed by atoms with Crippen LogP contribution in [0.15, 0.2) is 36.4 Å². The zero-order valence-electron chi connectivity index (χ0n) is 9.29. The summed E-state index contributed by atoms with van der Waals surface area (Å²) in [5, 5.41) is 0.0316. The van der Waals surface area contributed by atoms with Crippen molar-refractivity contribution < 1.29 is 13.5 Å². The number of nitrogens with two attached hydrogens (primary N) is 1. The molecular formula is C13H10ClF2NO. The summed E-state index contributed by atoms with van der Waals surface area (Å²) in [7, 11) is 0. The van der Waals surface area contributed by atoms with Crippen LogP contribution < -0.4 is 10.5 Å². The Kier molecular flexibility index (Phi) is 3.67. The molecule has 0 aliphatic carbocycles. The highest BCUT2D eigenvalue weighted by atomic mass is 35.5. The van der Waals surface area contributed by atoms with Gasteiger partial charge >= 0.3 is 0 Å². The van der Waals surface area contributed by atoms with Crippen LogP contribution in [0.4, 0.5) is 14.5 Å². The minimum absolute atomic E-state index is 0.0131. The van der Waals surface area contributed by atoms with Crippen LogP contribution in [0.2, 0.25) is 5.02 Å². The van der Waals surface area contributed by atoms with Crippen LogP contribution in [0.3, 0.4) is 0 Å². The van der Waals surface area contributed by atoms with Crippen molar-refractivity contribution in [1.29, 1.82) is 0 Å². The van der Waals surface area contributed by atoms with E-state index in [0.717, 1.165) is 0 Å². The number of hydrogen-bond acceptors (Lipinski definition) is 2. The Balaban J connectivity index is 2.14. The molecule has 0 unspecified atom stereocenters. The van der Waals surface area contributed by atoms with Gasteiger partial charge in [-0.05, 0) is 29.8 Å². The standard InChI is InChI=1S/C13H10ClF2NO/c14-9-5-4-8(6-11(9)16)7-18-13-10(15)2-1-3-12(13)17/h1-6H,7,17H2. The third kappa shape index (κ3) is 2.71. The van der Waals surface area contributed by atoms with E-state index in [2.05, 4.69) is 0 Å². The van der Waals surface area contributed by atoms with Gasteiger partial charge in [0.25, 0.3) is 0 Å². The summed E-state index contributed by atoms with van der Waals surface area (Å²) in [6, 6.07) is 8.51. The van der Waals surface area contributed by atoms with Gasteiger partial charge in [0.2, 0.25) is 0 Å². The van der Waals surface area contributed by atoms with Crippen LogP contribution in [0.5, 0.6) is 5.75 Å². The second-order valence-electron chi connectivity index (χ2n) is 3.70. The molecule has 5 heteroatoms. The van der Waals surface area contributed by atoms with E-state index in [-0.39, 0.29) is 23.1 Å². The van der Waals surface area contributed by atoms with Gasteiger partial charge in [0.15, 0.2) is 11.6 Å². The number of halogens is 3. The maximum atomic E-state index is 13.4. The molecule has 0 heterocycles. The van der Waals surface area contributed by atoms with E-state index in [0.29, 0.717) is 5.56 Å². The fourth-order valence-electron chi connectivity index (χ4n) is 1.46. The second kappa shape index (κ2) is 5.23. The first kappa shape index (κ1) is 12.6. The summed E-state index contributed by atoms with van der Waals surface area (Å²) in [6.45, 7) is 0.0131. The summed E-state index contributed by atoms with van der Waals surface area (Å²) in [6.07, 6.45) is 0. The number of rotatable bonds is 3. The molecule has 0 spiro atoms. The van der Waals surface area contributed by atoms with Crippen LogP contribution in [-0.4, -0.2) is 0 Å². The fourth-order valence-corrected chi connectivity index (χ4v) is 1.58. The maximum absolute atomic E-state index is 13.4. The van der Waals surface area contributed by atoms with Crippen molar-refractivity contribution in [3.63, 3.8) is 0 Å². The molecule has 0 aromatic heterocycles. The minimum atomic E-state index is -0.551. The van der Waals surface area contributed by atoms with Crippen molar-refractivity contribution in [2.45, 2.75) is 6.61 Å². The largest absolute Gasteiger partial charge is 0.484 e. The summed E-state index contributed by atoms with van der Waals surface area (Å²) in [4.78, 5) is 0. The molecule has 0 saturated carbocycles. The highest BCUT2D eigenvalue weighted by molar-refractivity contribution is 6.30. The van der Waals surface area contributed by atoms with Crippen molar-refractivity contribution in [2.75, 3.05) is 5.73 Å². The summed E-state index contributed by atoms with van der Waals surface area (Å²) in [5.41, 5.74) is 6.32. The molecule has 0 bridgehead atoms. The molecule has 2 rings (SSSR count). The molecule has 0 amide bonds. The Morgan fingerprint density at radius 2 is 1.89 bits per heavy atom. The number of nitrogen functional groups attached to an aromatic ring is 1. The maximum Gasteiger partial charge on any atom is 0.178 e. The first-order chi connectivity index (χ1) is 8.58. The molecule has 2 aromatic rings. The van der Waals surface area contributed by atoms with Crippen LogP contribution in [0, 0.1) is 11.6 Å². The van der Waals surface area contributed by atoms with Gasteiger partial charge in [-0.3, -0.25) is 0 Å². The van der Waals surface area contributed by atoms with Gasteiger partial charge < -0.3 is 10.5 Å². The molecule has 2 nitrogen and oxygen atoms in total. The molecular weight excluding hydrogens is 260 g/mol. The summed E-state index contributed by atoms with van der Waals surface area (Å²) < 4.78 is 31.8. The molecule has 2 N–H and O–H groups in total. The molecule has 0 aliphatic rings. The Morgan fingerprint density at radius 1 is 1.11 bits per heavy atom. The quantitative estimate of drug-likeness (QED) is 0.861. The normalized spacial score (nSPS) is 10.4. The van der Waals surface area contributed by atoms with Gasteiger partial charge in [0.1, 0.15) is 12.4 Å². The van der Waals surface area contributed by atoms with Crippen molar-refractivity contribution in [3.8, 4) is 5.75 Å². The van der Waals surface area contributed by atoms with Crippen molar-refractivity contribution in [2.24, 2.45) is 0 Å². The molecule has 0 aliphatic heterocycles. The molecule has 94 valence electrons. The number of benzene rings is 2. The summed E-state index contributed by atoms with van der Waals surface area (Å²) in [5.74, 6) is -1.13. The van der Waals surface area contributed by atoms with Gasteiger partial charge in [0, 0.05) is 0 Å². The Bertz CT molecular complexity index is 555. The van der Waals surface area contributed by atoms with E-state index in [1.165, 1.54) is 30.3 Å². The molecule has 0 radical (unpaired) electrons. The van der Waals surface area contributed by atoms with Crippen molar-refractivity contribution in [3.05, 3.63) is 58.6 Å². The Labute approximate surface area is 108 Å². The van der Waals surface area contributed by atoms with E-state index in [4.69, 9.17) is 22.1 Å². The van der Waals surface area contributed by atoms with Gasteiger partial charge in [-0.25, -0.2) is 8.78 Å². The monoisotopic (exact) mass is 269 g/mol. The zero-order valence-corrected chi connectivity index (χ0v) is 10.0. The predicted molar refractivity (Wildman–Crippen MR) is 66.6 cm³/mol. The second-order valence-corrected chi connectivity index (χ2v) is 4.10. The third-order valence-electron chi connectivity index (χ3n) is 2.36. The van der Waals surface area contributed by atoms with Gasteiger partial charge in [-0.15, -0.1) is 0 Å². The van der Waals surface area contributed by atoms with Gasteiger partial charge in [-0.2, -0.15) is 0 Å².